The SMILES string of the molecule is CCOc1ccc(CN2CC[C@@H](c3nc4cccnc4n3C)C2)cc1. The third-order valence-electron chi connectivity index (χ3n) is 4.94. The highest BCUT2D eigenvalue weighted by Gasteiger charge is 2.27. The van der Waals surface area contributed by atoms with E-state index < -0.39 is 0 Å². The van der Waals surface area contributed by atoms with Crippen LogP contribution >= 0.6 is 0 Å². The molecule has 0 bridgehead atoms. The van der Waals surface area contributed by atoms with E-state index in [1.807, 2.05) is 25.3 Å². The van der Waals surface area contributed by atoms with Crippen LogP contribution in [0.2, 0.25) is 0 Å². The molecule has 0 N–H and O–H groups in total. The number of benzene rings is 1. The molecule has 5 heteroatoms. The van der Waals surface area contributed by atoms with Gasteiger partial charge in [-0.2, -0.15) is 0 Å². The standard InChI is InChI=1S/C20H24N4O/c1-3-25-17-8-6-15(7-9-17)13-24-12-10-16(14-24)19-22-18-5-4-11-21-20(18)23(19)2/h4-9,11,16H,3,10,12-14H2,1-2H3/t16-/m1/s1. The van der Waals surface area contributed by atoms with Gasteiger partial charge in [0.25, 0.3) is 0 Å². The van der Waals surface area contributed by atoms with Crippen LogP contribution in [-0.4, -0.2) is 39.1 Å². The van der Waals surface area contributed by atoms with Crippen molar-refractivity contribution in [3.05, 3.63) is 54.0 Å². The Morgan fingerprint density at radius 2 is 2.04 bits per heavy atom. The van der Waals surface area contributed by atoms with E-state index in [1.54, 1.807) is 0 Å². The van der Waals surface area contributed by atoms with Gasteiger partial charge in [0.05, 0.1) is 6.61 Å². The molecule has 0 amide bonds. The van der Waals surface area contributed by atoms with Crippen LogP contribution in [0.5, 0.6) is 5.75 Å². The Hall–Kier alpha value is -2.40. The van der Waals surface area contributed by atoms with E-state index >= 15 is 0 Å². The van der Waals surface area contributed by atoms with Crippen LogP contribution in [0.1, 0.15) is 30.7 Å². The Bertz CT molecular complexity index is 856. The van der Waals surface area contributed by atoms with Crippen LogP contribution in [0, 0.1) is 0 Å². The maximum atomic E-state index is 5.52. The summed E-state index contributed by atoms with van der Waals surface area (Å²) in [5.41, 5.74) is 3.29. The molecule has 1 saturated heterocycles. The third-order valence-corrected chi connectivity index (χ3v) is 4.94. The molecule has 0 saturated carbocycles. The van der Waals surface area contributed by atoms with E-state index in [2.05, 4.69) is 45.8 Å². The first-order valence-corrected chi connectivity index (χ1v) is 8.96. The molecule has 4 rings (SSSR count). The van der Waals surface area contributed by atoms with Crippen molar-refractivity contribution in [3.8, 4) is 5.75 Å². The number of likely N-dealkylation sites (tertiary alicyclic amines) is 1. The van der Waals surface area contributed by atoms with Crippen molar-refractivity contribution >= 4 is 11.2 Å². The van der Waals surface area contributed by atoms with E-state index in [0.29, 0.717) is 12.5 Å². The zero-order chi connectivity index (χ0) is 17.2. The lowest BCUT2D eigenvalue weighted by molar-refractivity contribution is 0.323. The Morgan fingerprint density at radius 1 is 1.20 bits per heavy atom. The summed E-state index contributed by atoms with van der Waals surface area (Å²) in [5.74, 6) is 2.57. The van der Waals surface area contributed by atoms with Crippen LogP contribution in [0.4, 0.5) is 0 Å². The number of hydrogen-bond donors (Lipinski definition) is 0. The van der Waals surface area contributed by atoms with Crippen LogP contribution in [0.3, 0.4) is 0 Å². The molecule has 2 aromatic heterocycles. The first-order chi connectivity index (χ1) is 12.2. The summed E-state index contributed by atoms with van der Waals surface area (Å²) in [6.45, 7) is 5.85. The van der Waals surface area contributed by atoms with Crippen LogP contribution in [0.15, 0.2) is 42.6 Å². The number of rotatable bonds is 5. The highest BCUT2D eigenvalue weighted by Crippen LogP contribution is 2.29. The molecule has 3 heterocycles. The zero-order valence-corrected chi connectivity index (χ0v) is 14.9. The molecule has 0 unspecified atom stereocenters. The van der Waals surface area contributed by atoms with Crippen molar-refractivity contribution in [2.45, 2.75) is 25.8 Å². The molecule has 0 spiro atoms. The van der Waals surface area contributed by atoms with Gasteiger partial charge < -0.3 is 9.30 Å². The predicted molar refractivity (Wildman–Crippen MR) is 98.8 cm³/mol. The number of fused-ring (bicyclic) bond motifs is 1. The lowest BCUT2D eigenvalue weighted by Crippen LogP contribution is -2.20. The van der Waals surface area contributed by atoms with E-state index in [1.165, 1.54) is 5.56 Å². The first-order valence-electron chi connectivity index (χ1n) is 8.96. The number of pyridine rings is 1. The molecule has 3 aromatic rings. The number of aryl methyl sites for hydroxylation is 1. The predicted octanol–water partition coefficient (Wildman–Crippen LogP) is 3.36. The first kappa shape index (κ1) is 16.1. The molecule has 25 heavy (non-hydrogen) atoms. The van der Waals surface area contributed by atoms with Gasteiger partial charge in [-0.3, -0.25) is 4.90 Å². The minimum atomic E-state index is 0.474. The molecular formula is C20H24N4O. The fourth-order valence-corrected chi connectivity index (χ4v) is 3.71. The van der Waals surface area contributed by atoms with Gasteiger partial charge in [-0.05, 0) is 49.7 Å². The largest absolute Gasteiger partial charge is 0.494 e. The maximum absolute atomic E-state index is 5.52. The monoisotopic (exact) mass is 336 g/mol. The van der Waals surface area contributed by atoms with Crippen molar-refractivity contribution in [1.82, 2.24) is 19.4 Å². The second-order valence-corrected chi connectivity index (χ2v) is 6.67. The second kappa shape index (κ2) is 6.84. The van der Waals surface area contributed by atoms with Crippen molar-refractivity contribution in [3.63, 3.8) is 0 Å². The van der Waals surface area contributed by atoms with Gasteiger partial charge in [0.1, 0.15) is 17.1 Å². The minimum Gasteiger partial charge on any atom is -0.494 e. The highest BCUT2D eigenvalue weighted by atomic mass is 16.5. The van der Waals surface area contributed by atoms with Gasteiger partial charge in [0.15, 0.2) is 5.65 Å². The summed E-state index contributed by atoms with van der Waals surface area (Å²) in [6.07, 6.45) is 2.98. The summed E-state index contributed by atoms with van der Waals surface area (Å²) in [4.78, 5) is 11.8. The second-order valence-electron chi connectivity index (χ2n) is 6.67. The number of ether oxygens (including phenoxy) is 1. The summed E-state index contributed by atoms with van der Waals surface area (Å²) in [6, 6.07) is 12.4. The van der Waals surface area contributed by atoms with Gasteiger partial charge in [-0.1, -0.05) is 12.1 Å². The molecular weight excluding hydrogens is 312 g/mol. The molecule has 0 aliphatic carbocycles. The molecule has 1 aliphatic rings. The summed E-state index contributed by atoms with van der Waals surface area (Å²) < 4.78 is 7.67. The zero-order valence-electron chi connectivity index (χ0n) is 14.9. The average Bonchev–Trinajstić information content (AvgIpc) is 3.22. The van der Waals surface area contributed by atoms with Crippen molar-refractivity contribution in [2.24, 2.45) is 7.05 Å². The van der Waals surface area contributed by atoms with Gasteiger partial charge in [-0.25, -0.2) is 9.97 Å². The highest BCUT2D eigenvalue weighted by molar-refractivity contribution is 5.71. The topological polar surface area (TPSA) is 43.2 Å². The Labute approximate surface area is 148 Å². The number of aromatic nitrogens is 3. The molecule has 5 nitrogen and oxygen atoms in total. The van der Waals surface area contributed by atoms with E-state index in [-0.39, 0.29) is 0 Å². The molecule has 1 atom stereocenters. The summed E-state index contributed by atoms with van der Waals surface area (Å²) >= 11 is 0. The van der Waals surface area contributed by atoms with Gasteiger partial charge >= 0.3 is 0 Å². The fourth-order valence-electron chi connectivity index (χ4n) is 3.71. The van der Waals surface area contributed by atoms with Crippen molar-refractivity contribution < 1.29 is 4.74 Å². The van der Waals surface area contributed by atoms with Crippen molar-refractivity contribution in [1.29, 1.82) is 0 Å². The third kappa shape index (κ3) is 3.24. The van der Waals surface area contributed by atoms with Gasteiger partial charge in [-0.15, -0.1) is 0 Å². The minimum absolute atomic E-state index is 0.474. The lowest BCUT2D eigenvalue weighted by Gasteiger charge is -2.16. The normalized spacial score (nSPS) is 18.1. The van der Waals surface area contributed by atoms with E-state index in [4.69, 9.17) is 9.72 Å². The van der Waals surface area contributed by atoms with E-state index in [0.717, 1.165) is 48.8 Å². The molecule has 1 aliphatic heterocycles. The Kier molecular flexibility index (Phi) is 4.40. The molecule has 1 aromatic carbocycles. The molecule has 130 valence electrons. The number of hydrogen-bond acceptors (Lipinski definition) is 4. The average molecular weight is 336 g/mol. The fraction of sp³-hybridized carbons (Fsp3) is 0.400. The summed E-state index contributed by atoms with van der Waals surface area (Å²) in [7, 11) is 2.08. The molecule has 0 radical (unpaired) electrons. The Morgan fingerprint density at radius 3 is 2.80 bits per heavy atom. The summed E-state index contributed by atoms with van der Waals surface area (Å²) in [5, 5.41) is 0. The van der Waals surface area contributed by atoms with E-state index in [9.17, 15) is 0 Å². The van der Waals surface area contributed by atoms with Gasteiger partial charge in [0, 0.05) is 32.3 Å². The smallest absolute Gasteiger partial charge is 0.159 e. The van der Waals surface area contributed by atoms with Crippen molar-refractivity contribution in [2.75, 3.05) is 19.7 Å². The van der Waals surface area contributed by atoms with Crippen LogP contribution in [-0.2, 0) is 13.6 Å². The Balaban J connectivity index is 1.44. The van der Waals surface area contributed by atoms with Gasteiger partial charge in [0.2, 0.25) is 0 Å². The molecule has 1 fully saturated rings. The maximum Gasteiger partial charge on any atom is 0.159 e. The lowest BCUT2D eigenvalue weighted by atomic mass is 10.1. The quantitative estimate of drug-likeness (QED) is 0.716. The number of nitrogens with zero attached hydrogens (tertiary/aromatic N) is 4. The van der Waals surface area contributed by atoms with Crippen LogP contribution < -0.4 is 4.74 Å². The number of imidazole rings is 1. The van der Waals surface area contributed by atoms with Crippen LogP contribution in [0.25, 0.3) is 11.2 Å².